The van der Waals surface area contributed by atoms with Crippen LogP contribution >= 0.6 is 23.2 Å². The smallest absolute Gasteiger partial charge is 0.271 e. The number of carbonyl (C=O) groups excluding carboxylic acids is 2. The number of rotatable bonds is 2. The van der Waals surface area contributed by atoms with E-state index in [9.17, 15) is 9.59 Å². The Labute approximate surface area is 151 Å². The average molecular weight is 367 g/mol. The number of halogens is 2. The topological polar surface area (TPSA) is 58.2 Å². The molecule has 2 bridgehead atoms. The third kappa shape index (κ3) is 2.52. The summed E-state index contributed by atoms with van der Waals surface area (Å²) in [6.45, 7) is 8.46. The lowest BCUT2D eigenvalue weighted by Gasteiger charge is -2.37. The van der Waals surface area contributed by atoms with Crippen LogP contribution in [0.4, 0.5) is 0 Å². The summed E-state index contributed by atoms with van der Waals surface area (Å²) in [6, 6.07) is 4.58. The number of amides is 2. The molecule has 2 fully saturated rings. The molecule has 4 nitrogen and oxygen atoms in total. The third-order valence-corrected chi connectivity index (χ3v) is 6.34. The Bertz CT molecular complexity index is 745. The van der Waals surface area contributed by atoms with E-state index in [1.807, 2.05) is 0 Å². The second kappa shape index (κ2) is 5.78. The van der Waals surface area contributed by atoms with Gasteiger partial charge >= 0.3 is 0 Å². The van der Waals surface area contributed by atoms with Crippen molar-refractivity contribution in [2.75, 3.05) is 0 Å². The molecule has 2 amide bonds. The van der Waals surface area contributed by atoms with Gasteiger partial charge in [-0.25, -0.2) is 0 Å². The largest absolute Gasteiger partial charge is 0.272 e. The second-order valence-electron chi connectivity index (χ2n) is 7.25. The van der Waals surface area contributed by atoms with Gasteiger partial charge in [0.1, 0.15) is 0 Å². The zero-order valence-corrected chi connectivity index (χ0v) is 15.2. The second-order valence-corrected chi connectivity index (χ2v) is 8.10. The van der Waals surface area contributed by atoms with E-state index in [-0.39, 0.29) is 21.9 Å². The summed E-state index contributed by atoms with van der Waals surface area (Å²) >= 11 is 11.8. The van der Waals surface area contributed by atoms with Gasteiger partial charge in [-0.3, -0.25) is 20.4 Å². The molecule has 0 radical (unpaired) electrons. The van der Waals surface area contributed by atoms with Crippen molar-refractivity contribution in [3.05, 3.63) is 46.0 Å². The van der Waals surface area contributed by atoms with E-state index in [0.29, 0.717) is 10.9 Å². The van der Waals surface area contributed by atoms with Gasteiger partial charge in [-0.15, -0.1) is 0 Å². The molecule has 2 N–H and O–H groups in total. The Kier molecular flexibility index (Phi) is 4.17. The molecule has 128 valence electrons. The number of fused-ring (bicyclic) bond motifs is 2. The quantitative estimate of drug-likeness (QED) is 0.610. The number of nitrogens with one attached hydrogen (secondary N) is 2. The van der Waals surface area contributed by atoms with E-state index in [1.54, 1.807) is 6.07 Å². The maximum absolute atomic E-state index is 12.8. The van der Waals surface area contributed by atoms with Crippen LogP contribution in [0.3, 0.4) is 0 Å². The van der Waals surface area contributed by atoms with Gasteiger partial charge in [-0.1, -0.05) is 49.2 Å². The minimum atomic E-state index is -0.578. The van der Waals surface area contributed by atoms with Crippen LogP contribution < -0.4 is 10.9 Å². The predicted molar refractivity (Wildman–Crippen MR) is 94.8 cm³/mol. The minimum Gasteiger partial charge on any atom is -0.272 e. The molecule has 1 aromatic carbocycles. The maximum atomic E-state index is 12.8. The number of hydrogen-bond acceptors (Lipinski definition) is 2. The van der Waals surface area contributed by atoms with E-state index < -0.39 is 11.3 Å². The first-order valence-corrected chi connectivity index (χ1v) is 8.70. The number of benzene rings is 1. The van der Waals surface area contributed by atoms with E-state index in [1.165, 1.54) is 12.1 Å². The fourth-order valence-electron chi connectivity index (χ4n) is 4.12. The van der Waals surface area contributed by atoms with Crippen LogP contribution in [-0.4, -0.2) is 11.8 Å². The highest BCUT2D eigenvalue weighted by molar-refractivity contribution is 6.36. The summed E-state index contributed by atoms with van der Waals surface area (Å²) in [4.78, 5) is 25.0. The molecule has 0 saturated heterocycles. The fourth-order valence-corrected chi connectivity index (χ4v) is 4.61. The van der Waals surface area contributed by atoms with Gasteiger partial charge in [0.05, 0.1) is 16.0 Å². The Hall–Kier alpha value is -1.52. The Balaban J connectivity index is 1.70. The normalized spacial score (nSPS) is 27.2. The number of hydrogen-bond donors (Lipinski definition) is 2. The van der Waals surface area contributed by atoms with Crippen molar-refractivity contribution < 1.29 is 9.59 Å². The van der Waals surface area contributed by atoms with Crippen LogP contribution in [0.15, 0.2) is 30.4 Å². The molecule has 3 rings (SSSR count). The van der Waals surface area contributed by atoms with Crippen molar-refractivity contribution >= 4 is 35.0 Å². The van der Waals surface area contributed by atoms with Gasteiger partial charge in [-0.05, 0) is 48.8 Å². The standard InChI is InChI=1S/C18H20Cl2N2O2/c1-10-17(2,3)11-6-7-18(10,9-11)16(24)22-21-15(23)13-5-4-12(19)8-14(13)20/h4-5,8,11H,1,6-7,9H2,2-3H3,(H,21,23)(H,22,24). The van der Waals surface area contributed by atoms with E-state index in [0.717, 1.165) is 24.8 Å². The number of hydrazine groups is 1. The van der Waals surface area contributed by atoms with Crippen LogP contribution in [0.25, 0.3) is 0 Å². The van der Waals surface area contributed by atoms with E-state index in [4.69, 9.17) is 23.2 Å². The summed E-state index contributed by atoms with van der Waals surface area (Å²) in [5.74, 6) is -0.199. The van der Waals surface area contributed by atoms with Crippen molar-refractivity contribution in [2.45, 2.75) is 33.1 Å². The van der Waals surface area contributed by atoms with Crippen LogP contribution in [0.2, 0.25) is 10.0 Å². The fraction of sp³-hybridized carbons (Fsp3) is 0.444. The van der Waals surface area contributed by atoms with Gasteiger partial charge in [-0.2, -0.15) is 0 Å². The molecule has 0 aliphatic heterocycles. The third-order valence-electron chi connectivity index (χ3n) is 5.79. The molecule has 0 aromatic heterocycles. The first-order valence-electron chi connectivity index (χ1n) is 7.94. The first-order chi connectivity index (χ1) is 11.2. The SMILES string of the molecule is C=C1C2(C(=O)NNC(=O)c3ccc(Cl)cc3Cl)CCC(C2)C1(C)C. The van der Waals surface area contributed by atoms with Crippen LogP contribution in [-0.2, 0) is 4.79 Å². The summed E-state index contributed by atoms with van der Waals surface area (Å²) in [7, 11) is 0. The van der Waals surface area contributed by atoms with Crippen molar-refractivity contribution in [2.24, 2.45) is 16.7 Å². The lowest BCUT2D eigenvalue weighted by molar-refractivity contribution is -0.129. The predicted octanol–water partition coefficient (Wildman–Crippen LogP) is 4.14. The van der Waals surface area contributed by atoms with Crippen LogP contribution in [0, 0.1) is 16.7 Å². The molecule has 0 heterocycles. The van der Waals surface area contributed by atoms with Crippen molar-refractivity contribution in [3.8, 4) is 0 Å². The van der Waals surface area contributed by atoms with Crippen LogP contribution in [0.1, 0.15) is 43.5 Å². The van der Waals surface area contributed by atoms with Crippen molar-refractivity contribution in [1.82, 2.24) is 10.9 Å². The Morgan fingerprint density at radius 1 is 1.25 bits per heavy atom. The highest BCUT2D eigenvalue weighted by Crippen LogP contribution is 2.65. The number of carbonyl (C=O) groups is 2. The van der Waals surface area contributed by atoms with Gasteiger partial charge in [0.2, 0.25) is 5.91 Å². The lowest BCUT2D eigenvalue weighted by atomic mass is 9.68. The van der Waals surface area contributed by atoms with Crippen molar-refractivity contribution in [1.29, 1.82) is 0 Å². The summed E-state index contributed by atoms with van der Waals surface area (Å²) in [5.41, 5.74) is 5.61. The minimum absolute atomic E-state index is 0.0426. The molecule has 2 aliphatic carbocycles. The summed E-state index contributed by atoms with van der Waals surface area (Å²) in [5, 5.41) is 0.681. The van der Waals surface area contributed by atoms with Crippen molar-refractivity contribution in [3.63, 3.8) is 0 Å². The van der Waals surface area contributed by atoms with Gasteiger partial charge in [0, 0.05) is 5.02 Å². The zero-order chi connectivity index (χ0) is 17.7. The molecule has 6 heteroatoms. The Morgan fingerprint density at radius 3 is 2.54 bits per heavy atom. The Morgan fingerprint density at radius 2 is 1.96 bits per heavy atom. The molecule has 24 heavy (non-hydrogen) atoms. The highest BCUT2D eigenvalue weighted by Gasteiger charge is 2.60. The molecular formula is C18H20Cl2N2O2. The summed E-state index contributed by atoms with van der Waals surface area (Å²) < 4.78 is 0. The highest BCUT2D eigenvalue weighted by atomic mass is 35.5. The molecule has 0 spiro atoms. The molecule has 2 unspecified atom stereocenters. The maximum Gasteiger partial charge on any atom is 0.271 e. The van der Waals surface area contributed by atoms with Crippen LogP contribution in [0.5, 0.6) is 0 Å². The molecule has 2 saturated carbocycles. The molecule has 2 aliphatic rings. The first kappa shape index (κ1) is 17.3. The lowest BCUT2D eigenvalue weighted by Crippen LogP contribution is -2.49. The van der Waals surface area contributed by atoms with Gasteiger partial charge in [0.15, 0.2) is 0 Å². The van der Waals surface area contributed by atoms with Gasteiger partial charge < -0.3 is 0 Å². The van der Waals surface area contributed by atoms with Gasteiger partial charge in [0.25, 0.3) is 5.91 Å². The van der Waals surface area contributed by atoms with E-state index >= 15 is 0 Å². The average Bonchev–Trinajstić information content (AvgIpc) is 3.04. The molecular weight excluding hydrogens is 347 g/mol. The summed E-state index contributed by atoms with van der Waals surface area (Å²) in [6.07, 6.45) is 2.59. The van der Waals surface area contributed by atoms with E-state index in [2.05, 4.69) is 31.3 Å². The zero-order valence-electron chi connectivity index (χ0n) is 13.7. The molecule has 1 aromatic rings. The monoisotopic (exact) mass is 366 g/mol. The molecule has 2 atom stereocenters.